The Morgan fingerprint density at radius 2 is 1.60 bits per heavy atom. The van der Waals surface area contributed by atoms with Crippen LogP contribution in [0.15, 0.2) is 66.7 Å². The van der Waals surface area contributed by atoms with Crippen LogP contribution < -0.4 is 16.0 Å². The van der Waals surface area contributed by atoms with E-state index < -0.39 is 47.7 Å². The van der Waals surface area contributed by atoms with Crippen LogP contribution in [-0.2, 0) is 11.2 Å². The van der Waals surface area contributed by atoms with E-state index in [1.54, 1.807) is 31.2 Å². The molecule has 42 heavy (non-hydrogen) atoms. The van der Waals surface area contributed by atoms with Gasteiger partial charge < -0.3 is 25.8 Å². The third kappa shape index (κ3) is 8.40. The van der Waals surface area contributed by atoms with Gasteiger partial charge in [-0.25, -0.2) is 13.2 Å². The summed E-state index contributed by atoms with van der Waals surface area (Å²) in [7, 11) is 0. The first-order valence-electron chi connectivity index (χ1n) is 14.1. The fraction of sp³-hybridized carbons (Fsp3) is 0.375. The van der Waals surface area contributed by atoms with E-state index in [4.69, 9.17) is 4.74 Å². The Morgan fingerprint density at radius 3 is 2.24 bits per heavy atom. The maximum atomic E-state index is 13.9. The molecule has 1 saturated heterocycles. The minimum atomic E-state index is -1.10. The molecule has 1 heterocycles. The summed E-state index contributed by atoms with van der Waals surface area (Å²) in [4.78, 5) is 26.3. The number of aliphatic hydroxyl groups excluding tert-OH is 1. The molecule has 1 unspecified atom stereocenters. The molecule has 0 saturated carbocycles. The molecule has 3 aromatic rings. The number of halogens is 3. The zero-order chi connectivity index (χ0) is 30.2. The lowest BCUT2D eigenvalue weighted by Gasteiger charge is -2.29. The summed E-state index contributed by atoms with van der Waals surface area (Å²) >= 11 is 0. The van der Waals surface area contributed by atoms with Gasteiger partial charge in [0.05, 0.1) is 24.3 Å². The summed E-state index contributed by atoms with van der Waals surface area (Å²) < 4.78 is 46.9. The van der Waals surface area contributed by atoms with Crippen LogP contribution in [0.3, 0.4) is 0 Å². The number of benzene rings is 3. The molecule has 10 heteroatoms. The van der Waals surface area contributed by atoms with Crippen LogP contribution in [0.2, 0.25) is 0 Å². The molecule has 0 radical (unpaired) electrons. The summed E-state index contributed by atoms with van der Waals surface area (Å²) in [6, 6.07) is 13.2. The van der Waals surface area contributed by atoms with Crippen molar-refractivity contribution in [2.75, 3.05) is 13.2 Å². The van der Waals surface area contributed by atoms with Crippen LogP contribution in [0.25, 0.3) is 0 Å². The molecule has 2 amide bonds. The predicted octanol–water partition coefficient (Wildman–Crippen LogP) is 4.45. The number of rotatable bonds is 12. The van der Waals surface area contributed by atoms with E-state index in [0.29, 0.717) is 25.1 Å². The van der Waals surface area contributed by atoms with Crippen molar-refractivity contribution in [3.8, 4) is 0 Å². The van der Waals surface area contributed by atoms with Gasteiger partial charge in [0.2, 0.25) is 0 Å². The highest BCUT2D eigenvalue weighted by molar-refractivity contribution is 5.99. The molecule has 1 aliphatic rings. The second kappa shape index (κ2) is 14.4. The highest BCUT2D eigenvalue weighted by atomic mass is 19.1. The standard InChI is InChI=1S/C32H36F3N3O4/c1-3-11-42-27-17-28(36-18-27)30(39)29(14-20-12-25(34)16-26(35)13-20)38-32(41)23-6-4-5-22(15-23)31(40)37-19(2)21-7-9-24(33)10-8-21/h4-10,12-13,15-16,19,27-30,36,39H,3,11,14,17-18H2,1-2H3,(H,37,40)(H,38,41)/t19?,27-,28-,29+,30-/m1/s1. The van der Waals surface area contributed by atoms with Gasteiger partial charge in [-0.3, -0.25) is 9.59 Å². The van der Waals surface area contributed by atoms with Gasteiger partial charge in [0.1, 0.15) is 17.5 Å². The van der Waals surface area contributed by atoms with Crippen molar-refractivity contribution in [1.29, 1.82) is 0 Å². The normalized spacial score (nSPS) is 18.7. The summed E-state index contributed by atoms with van der Waals surface area (Å²) in [5, 5.41) is 20.2. The van der Waals surface area contributed by atoms with Gasteiger partial charge in [-0.1, -0.05) is 25.1 Å². The fourth-order valence-electron chi connectivity index (χ4n) is 5.09. The molecule has 7 nitrogen and oxygen atoms in total. The van der Waals surface area contributed by atoms with Crippen molar-refractivity contribution in [2.24, 2.45) is 0 Å². The topological polar surface area (TPSA) is 99.7 Å². The van der Waals surface area contributed by atoms with Gasteiger partial charge in [0, 0.05) is 36.4 Å². The zero-order valence-corrected chi connectivity index (χ0v) is 23.6. The monoisotopic (exact) mass is 583 g/mol. The molecule has 0 bridgehead atoms. The lowest BCUT2D eigenvalue weighted by Crippen LogP contribution is -2.52. The number of hydrogen-bond acceptors (Lipinski definition) is 5. The van der Waals surface area contributed by atoms with Crippen molar-refractivity contribution in [2.45, 2.75) is 63.4 Å². The van der Waals surface area contributed by atoms with E-state index in [9.17, 15) is 27.9 Å². The average Bonchev–Trinajstić information content (AvgIpc) is 3.44. The molecule has 5 atom stereocenters. The first kappa shape index (κ1) is 31.2. The lowest BCUT2D eigenvalue weighted by molar-refractivity contribution is 0.0514. The first-order chi connectivity index (χ1) is 20.1. The molecule has 1 fully saturated rings. The van der Waals surface area contributed by atoms with Crippen molar-refractivity contribution >= 4 is 11.8 Å². The Bertz CT molecular complexity index is 1350. The number of carbonyl (C=O) groups is 2. The Hall–Kier alpha value is -3.73. The predicted molar refractivity (Wildman–Crippen MR) is 152 cm³/mol. The molecule has 224 valence electrons. The second-order valence-electron chi connectivity index (χ2n) is 10.6. The van der Waals surface area contributed by atoms with Gasteiger partial charge >= 0.3 is 0 Å². The van der Waals surface area contributed by atoms with Crippen LogP contribution in [0.4, 0.5) is 13.2 Å². The maximum absolute atomic E-state index is 13.9. The maximum Gasteiger partial charge on any atom is 0.251 e. The third-order valence-corrected chi connectivity index (χ3v) is 7.31. The molecular weight excluding hydrogens is 547 g/mol. The third-order valence-electron chi connectivity index (χ3n) is 7.31. The van der Waals surface area contributed by atoms with E-state index in [-0.39, 0.29) is 35.0 Å². The Balaban J connectivity index is 1.49. The van der Waals surface area contributed by atoms with E-state index in [1.165, 1.54) is 24.3 Å². The second-order valence-corrected chi connectivity index (χ2v) is 10.6. The largest absolute Gasteiger partial charge is 0.389 e. The summed E-state index contributed by atoms with van der Waals surface area (Å²) in [5.74, 6) is -2.89. The summed E-state index contributed by atoms with van der Waals surface area (Å²) in [6.45, 7) is 4.88. The molecular formula is C32H36F3N3O4. The van der Waals surface area contributed by atoms with Crippen LogP contribution in [-0.4, -0.2) is 54.4 Å². The van der Waals surface area contributed by atoms with Crippen LogP contribution in [0.1, 0.15) is 64.6 Å². The van der Waals surface area contributed by atoms with E-state index in [2.05, 4.69) is 16.0 Å². The molecule has 0 spiro atoms. The quantitative estimate of drug-likeness (QED) is 0.253. The molecule has 0 aliphatic carbocycles. The lowest BCUT2D eigenvalue weighted by atomic mass is 9.94. The van der Waals surface area contributed by atoms with Gasteiger partial charge in [-0.15, -0.1) is 0 Å². The van der Waals surface area contributed by atoms with E-state index in [0.717, 1.165) is 24.6 Å². The van der Waals surface area contributed by atoms with Crippen LogP contribution in [0, 0.1) is 17.5 Å². The molecule has 1 aliphatic heterocycles. The van der Waals surface area contributed by atoms with E-state index >= 15 is 0 Å². The van der Waals surface area contributed by atoms with E-state index in [1.807, 2.05) is 6.92 Å². The zero-order valence-electron chi connectivity index (χ0n) is 23.6. The first-order valence-corrected chi connectivity index (χ1v) is 14.1. The minimum absolute atomic E-state index is 0.0321. The van der Waals surface area contributed by atoms with Crippen LogP contribution >= 0.6 is 0 Å². The van der Waals surface area contributed by atoms with Gasteiger partial charge in [0.15, 0.2) is 0 Å². The molecule has 4 N–H and O–H groups in total. The minimum Gasteiger partial charge on any atom is -0.389 e. The number of amides is 2. The van der Waals surface area contributed by atoms with Crippen molar-refractivity contribution in [1.82, 2.24) is 16.0 Å². The SMILES string of the molecule is CCCO[C@H]1CN[C@@H]([C@@H](O)[C@H](Cc2cc(F)cc(F)c2)NC(=O)c2cccc(C(=O)NC(C)c3ccc(F)cc3)c2)C1. The highest BCUT2D eigenvalue weighted by Crippen LogP contribution is 2.20. The average molecular weight is 584 g/mol. The number of ether oxygens (including phenoxy) is 1. The summed E-state index contributed by atoms with van der Waals surface area (Å²) in [6.07, 6.45) is 0.136. The van der Waals surface area contributed by atoms with Crippen molar-refractivity contribution < 1.29 is 32.6 Å². The molecule has 0 aromatic heterocycles. The van der Waals surface area contributed by atoms with Gasteiger partial charge in [-0.2, -0.15) is 0 Å². The Kier molecular flexibility index (Phi) is 10.7. The highest BCUT2D eigenvalue weighted by Gasteiger charge is 2.35. The van der Waals surface area contributed by atoms with Crippen LogP contribution in [0.5, 0.6) is 0 Å². The smallest absolute Gasteiger partial charge is 0.251 e. The molecule has 4 rings (SSSR count). The Labute approximate surface area is 243 Å². The number of hydrogen-bond donors (Lipinski definition) is 4. The fourth-order valence-corrected chi connectivity index (χ4v) is 5.09. The number of nitrogens with one attached hydrogen (secondary N) is 3. The summed E-state index contributed by atoms with van der Waals surface area (Å²) in [5.41, 5.74) is 1.39. The van der Waals surface area contributed by atoms with Gasteiger partial charge in [0.25, 0.3) is 11.8 Å². The number of carbonyl (C=O) groups excluding carboxylic acids is 2. The Morgan fingerprint density at radius 1 is 0.952 bits per heavy atom. The van der Waals surface area contributed by atoms with Gasteiger partial charge in [-0.05, 0) is 79.8 Å². The van der Waals surface area contributed by atoms with Crippen molar-refractivity contribution in [3.63, 3.8) is 0 Å². The molecule has 3 aromatic carbocycles. The number of aliphatic hydroxyl groups is 1. The van der Waals surface area contributed by atoms with Crippen molar-refractivity contribution in [3.05, 3.63) is 106 Å².